The lowest BCUT2D eigenvalue weighted by atomic mass is 10.0. The van der Waals surface area contributed by atoms with Crippen LogP contribution in [0.5, 0.6) is 0 Å². The van der Waals surface area contributed by atoms with Crippen LogP contribution in [0, 0.1) is 0 Å². The second-order valence-electron chi connectivity index (χ2n) is 3.60. The van der Waals surface area contributed by atoms with Gasteiger partial charge >= 0.3 is 0 Å². The molecule has 0 fully saturated rings. The molecule has 0 aromatic carbocycles. The van der Waals surface area contributed by atoms with Gasteiger partial charge < -0.3 is 11.1 Å². The summed E-state index contributed by atoms with van der Waals surface area (Å²) in [6.45, 7) is 7.00. The van der Waals surface area contributed by atoms with Gasteiger partial charge in [-0.25, -0.2) is 0 Å². The SMILES string of the molecule is CCC(CC)(CNC(C)C(N)=O)SC. The Morgan fingerprint density at radius 3 is 2.29 bits per heavy atom. The molecule has 3 nitrogen and oxygen atoms in total. The minimum absolute atomic E-state index is 0.236. The molecule has 0 aliphatic heterocycles. The van der Waals surface area contributed by atoms with Gasteiger partial charge in [-0.2, -0.15) is 11.8 Å². The lowest BCUT2D eigenvalue weighted by Gasteiger charge is -2.31. The highest BCUT2D eigenvalue weighted by Crippen LogP contribution is 2.29. The zero-order valence-corrected chi connectivity index (χ0v) is 10.4. The van der Waals surface area contributed by atoms with Crippen molar-refractivity contribution < 1.29 is 4.79 Å². The maximum atomic E-state index is 10.8. The third kappa shape index (κ3) is 3.88. The minimum Gasteiger partial charge on any atom is -0.368 e. The van der Waals surface area contributed by atoms with E-state index in [4.69, 9.17) is 5.73 Å². The highest BCUT2D eigenvalue weighted by atomic mass is 32.2. The first-order valence-corrected chi connectivity index (χ1v) is 6.31. The molecule has 84 valence electrons. The summed E-state index contributed by atoms with van der Waals surface area (Å²) in [5.41, 5.74) is 5.18. The third-order valence-electron chi connectivity index (χ3n) is 2.88. The van der Waals surface area contributed by atoms with E-state index in [9.17, 15) is 4.79 Å². The molecule has 0 radical (unpaired) electrons. The Bertz CT molecular complexity index is 173. The van der Waals surface area contributed by atoms with Crippen LogP contribution in [-0.4, -0.2) is 29.5 Å². The number of carbonyl (C=O) groups is 1. The number of rotatable bonds is 7. The summed E-state index contributed by atoms with van der Waals surface area (Å²) < 4.78 is 0.240. The first kappa shape index (κ1) is 13.8. The van der Waals surface area contributed by atoms with Crippen LogP contribution in [0.15, 0.2) is 0 Å². The highest BCUT2D eigenvalue weighted by Gasteiger charge is 2.25. The van der Waals surface area contributed by atoms with Gasteiger partial charge in [-0.15, -0.1) is 0 Å². The molecule has 1 unspecified atom stereocenters. The predicted octanol–water partition coefficient (Wildman–Crippen LogP) is 1.37. The van der Waals surface area contributed by atoms with Gasteiger partial charge in [0, 0.05) is 11.3 Å². The Hall–Kier alpha value is -0.220. The first-order valence-electron chi connectivity index (χ1n) is 5.09. The topological polar surface area (TPSA) is 55.1 Å². The van der Waals surface area contributed by atoms with Crippen molar-refractivity contribution in [2.24, 2.45) is 5.73 Å². The van der Waals surface area contributed by atoms with Gasteiger partial charge in [0.2, 0.25) is 5.91 Å². The molecule has 4 heteroatoms. The number of nitrogens with one attached hydrogen (secondary N) is 1. The average molecular weight is 218 g/mol. The van der Waals surface area contributed by atoms with Gasteiger partial charge in [-0.1, -0.05) is 13.8 Å². The Labute approximate surface area is 91.2 Å². The first-order chi connectivity index (χ1) is 6.51. The van der Waals surface area contributed by atoms with Gasteiger partial charge in [-0.05, 0) is 26.0 Å². The van der Waals surface area contributed by atoms with Gasteiger partial charge in [0.25, 0.3) is 0 Å². The van der Waals surface area contributed by atoms with E-state index in [-0.39, 0.29) is 16.7 Å². The molecular formula is C10H22N2OS. The number of nitrogens with two attached hydrogens (primary N) is 1. The second-order valence-corrected chi connectivity index (χ2v) is 4.87. The monoisotopic (exact) mass is 218 g/mol. The molecule has 0 heterocycles. The Kier molecular flexibility index (Phi) is 6.20. The van der Waals surface area contributed by atoms with Crippen LogP contribution < -0.4 is 11.1 Å². The molecule has 0 saturated carbocycles. The molecule has 0 rings (SSSR count). The van der Waals surface area contributed by atoms with Crippen molar-refractivity contribution in [2.45, 2.75) is 44.4 Å². The molecule has 1 atom stereocenters. The van der Waals surface area contributed by atoms with E-state index >= 15 is 0 Å². The lowest BCUT2D eigenvalue weighted by molar-refractivity contribution is -0.119. The van der Waals surface area contributed by atoms with Crippen LogP contribution >= 0.6 is 11.8 Å². The van der Waals surface area contributed by atoms with E-state index in [2.05, 4.69) is 25.4 Å². The molecule has 0 aliphatic rings. The lowest BCUT2D eigenvalue weighted by Crippen LogP contribution is -2.45. The normalized spacial score (nSPS) is 14.0. The summed E-state index contributed by atoms with van der Waals surface area (Å²) >= 11 is 1.86. The predicted molar refractivity (Wildman–Crippen MR) is 63.5 cm³/mol. The summed E-state index contributed by atoms with van der Waals surface area (Å²) in [7, 11) is 0. The van der Waals surface area contributed by atoms with Crippen LogP contribution in [-0.2, 0) is 4.79 Å². The average Bonchev–Trinajstić information content (AvgIpc) is 2.20. The minimum atomic E-state index is -0.285. The van der Waals surface area contributed by atoms with E-state index in [1.165, 1.54) is 0 Å². The van der Waals surface area contributed by atoms with E-state index in [0.29, 0.717) is 0 Å². The van der Waals surface area contributed by atoms with Crippen molar-refractivity contribution in [2.75, 3.05) is 12.8 Å². The molecule has 3 N–H and O–H groups in total. The summed E-state index contributed by atoms with van der Waals surface area (Å²) in [6, 6.07) is -0.236. The molecule has 1 amide bonds. The highest BCUT2D eigenvalue weighted by molar-refractivity contribution is 8.00. The van der Waals surface area contributed by atoms with Gasteiger partial charge in [0.05, 0.1) is 6.04 Å². The summed E-state index contributed by atoms with van der Waals surface area (Å²) in [5.74, 6) is -0.285. The summed E-state index contributed by atoms with van der Waals surface area (Å²) in [6.07, 6.45) is 4.32. The van der Waals surface area contributed by atoms with Crippen molar-refractivity contribution in [1.29, 1.82) is 0 Å². The number of thioether (sulfide) groups is 1. The van der Waals surface area contributed by atoms with E-state index in [1.807, 2.05) is 11.8 Å². The Morgan fingerprint density at radius 2 is 2.00 bits per heavy atom. The fraction of sp³-hybridized carbons (Fsp3) is 0.900. The third-order valence-corrected chi connectivity index (χ3v) is 4.47. The van der Waals surface area contributed by atoms with E-state index in [1.54, 1.807) is 6.92 Å². The second kappa shape index (κ2) is 6.30. The number of primary amides is 1. The fourth-order valence-electron chi connectivity index (χ4n) is 1.30. The Morgan fingerprint density at radius 1 is 1.50 bits per heavy atom. The zero-order valence-electron chi connectivity index (χ0n) is 9.59. The van der Waals surface area contributed by atoms with E-state index in [0.717, 1.165) is 19.4 Å². The van der Waals surface area contributed by atoms with Crippen LogP contribution in [0.2, 0.25) is 0 Å². The van der Waals surface area contributed by atoms with E-state index < -0.39 is 0 Å². The fourth-order valence-corrected chi connectivity index (χ4v) is 2.11. The molecule has 0 saturated heterocycles. The molecule has 0 bridgehead atoms. The van der Waals surface area contributed by atoms with Crippen molar-refractivity contribution in [1.82, 2.24) is 5.32 Å². The van der Waals surface area contributed by atoms with Gasteiger partial charge in [-0.3, -0.25) is 4.79 Å². The van der Waals surface area contributed by atoms with Gasteiger partial charge in [0.1, 0.15) is 0 Å². The molecule has 0 aromatic rings. The summed E-state index contributed by atoms with van der Waals surface area (Å²) in [4.78, 5) is 10.8. The van der Waals surface area contributed by atoms with Crippen LogP contribution in [0.1, 0.15) is 33.6 Å². The molecule has 0 aromatic heterocycles. The number of amides is 1. The molecule has 14 heavy (non-hydrogen) atoms. The van der Waals surface area contributed by atoms with Crippen LogP contribution in [0.4, 0.5) is 0 Å². The maximum absolute atomic E-state index is 10.8. The quantitative estimate of drug-likeness (QED) is 0.678. The van der Waals surface area contributed by atoms with Crippen molar-refractivity contribution >= 4 is 17.7 Å². The molecule has 0 spiro atoms. The molecule has 0 aliphatic carbocycles. The van der Waals surface area contributed by atoms with Crippen molar-refractivity contribution in [3.8, 4) is 0 Å². The number of carbonyl (C=O) groups excluding carboxylic acids is 1. The van der Waals surface area contributed by atoms with Crippen LogP contribution in [0.3, 0.4) is 0 Å². The van der Waals surface area contributed by atoms with Crippen LogP contribution in [0.25, 0.3) is 0 Å². The zero-order chi connectivity index (χ0) is 11.2. The standard InChI is InChI=1S/C10H22N2OS/c1-5-10(6-2,14-4)7-12-8(3)9(11)13/h8,12H,5-7H2,1-4H3,(H2,11,13). The Balaban J connectivity index is 4.12. The largest absolute Gasteiger partial charge is 0.368 e. The molecular weight excluding hydrogens is 196 g/mol. The number of hydrogen-bond acceptors (Lipinski definition) is 3. The van der Waals surface area contributed by atoms with Gasteiger partial charge in [0.15, 0.2) is 0 Å². The maximum Gasteiger partial charge on any atom is 0.234 e. The summed E-state index contributed by atoms with van der Waals surface area (Å²) in [5, 5.41) is 3.18. The number of hydrogen-bond donors (Lipinski definition) is 2. The van der Waals surface area contributed by atoms with Crippen molar-refractivity contribution in [3.63, 3.8) is 0 Å². The van der Waals surface area contributed by atoms with Crippen molar-refractivity contribution in [3.05, 3.63) is 0 Å². The smallest absolute Gasteiger partial charge is 0.234 e.